The Labute approximate surface area is 277 Å². The van der Waals surface area contributed by atoms with Gasteiger partial charge in [0.25, 0.3) is 0 Å². The molecule has 0 spiro atoms. The molecule has 0 aliphatic carbocycles. The summed E-state index contributed by atoms with van der Waals surface area (Å²) >= 11 is 1.29. The van der Waals surface area contributed by atoms with Crippen LogP contribution in [0.1, 0.15) is 80.3 Å². The summed E-state index contributed by atoms with van der Waals surface area (Å²) in [4.78, 5) is 20.8. The molecule has 0 unspecified atom stereocenters. The predicted octanol–water partition coefficient (Wildman–Crippen LogP) is 8.80. The van der Waals surface area contributed by atoms with E-state index in [1.165, 1.54) is 42.7 Å². The second kappa shape index (κ2) is 14.7. The zero-order valence-electron chi connectivity index (χ0n) is 26.8. The summed E-state index contributed by atoms with van der Waals surface area (Å²) in [6.07, 6.45) is 0.211. The third-order valence-electron chi connectivity index (χ3n) is 8.11. The van der Waals surface area contributed by atoms with Gasteiger partial charge in [-0.15, -0.1) is 23.7 Å². The van der Waals surface area contributed by atoms with Crippen molar-refractivity contribution in [2.24, 2.45) is 0 Å². The quantitative estimate of drug-likeness (QED) is 0.147. The van der Waals surface area contributed by atoms with Crippen LogP contribution in [0.3, 0.4) is 0 Å². The molecular weight excluding hydrogens is 639 g/mol. The number of carbonyl (C=O) groups excluding carboxylic acids is 1. The summed E-state index contributed by atoms with van der Waals surface area (Å²) in [5.41, 5.74) is 1.05. The minimum Gasteiger partial charge on any atom is -0.476 e. The van der Waals surface area contributed by atoms with Gasteiger partial charge in [0.05, 0.1) is 17.0 Å². The first-order chi connectivity index (χ1) is 21.3. The average molecular weight is 680 g/mol. The minimum atomic E-state index is -4.47. The number of likely N-dealkylation sites (tertiary alicyclic amines) is 1. The first-order valence-corrected chi connectivity index (χ1v) is 16.3. The smallest absolute Gasteiger partial charge is 0.417 e. The first kappa shape index (κ1) is 35.7. The van der Waals surface area contributed by atoms with Gasteiger partial charge in [0.1, 0.15) is 17.4 Å². The number of benzene rings is 2. The number of alkyl halides is 3. The van der Waals surface area contributed by atoms with Crippen molar-refractivity contribution in [1.82, 2.24) is 15.0 Å². The summed E-state index contributed by atoms with van der Waals surface area (Å²) in [5.74, 6) is 0.111. The van der Waals surface area contributed by atoms with Crippen LogP contribution in [0.2, 0.25) is 0 Å². The maximum absolute atomic E-state index is 13.7. The Bertz CT molecular complexity index is 1640. The van der Waals surface area contributed by atoms with Crippen molar-refractivity contribution >= 4 is 40.7 Å². The molecule has 3 heterocycles. The number of nitrogens with zero attached hydrogens (tertiary/aromatic N) is 3. The minimum absolute atomic E-state index is 0. The molecule has 0 saturated carbocycles. The van der Waals surface area contributed by atoms with Crippen LogP contribution in [0.25, 0.3) is 21.5 Å². The number of thiazole rings is 1. The van der Waals surface area contributed by atoms with Gasteiger partial charge in [0.15, 0.2) is 11.2 Å². The summed E-state index contributed by atoms with van der Waals surface area (Å²) in [6, 6.07) is 9.22. The van der Waals surface area contributed by atoms with E-state index >= 15 is 0 Å². The fourth-order valence-corrected chi connectivity index (χ4v) is 6.87. The lowest BCUT2D eigenvalue weighted by atomic mass is 10.0. The topological polar surface area (TPSA) is 77.7 Å². The molecule has 0 N–H and O–H groups in total. The summed E-state index contributed by atoms with van der Waals surface area (Å²) in [5, 5.41) is 5.48. The molecule has 1 fully saturated rings. The molecule has 1 aliphatic rings. The van der Waals surface area contributed by atoms with Crippen molar-refractivity contribution in [2.75, 3.05) is 26.2 Å². The van der Waals surface area contributed by atoms with E-state index in [1.807, 2.05) is 26.8 Å². The molecule has 250 valence electrons. The molecule has 0 amide bonds. The zero-order valence-corrected chi connectivity index (χ0v) is 28.5. The van der Waals surface area contributed by atoms with Crippen LogP contribution in [0.4, 0.5) is 13.2 Å². The van der Waals surface area contributed by atoms with Crippen LogP contribution >= 0.6 is 23.7 Å². The fraction of sp³-hybridized carbons (Fsp3) is 0.500. The van der Waals surface area contributed by atoms with Crippen LogP contribution < -0.4 is 4.74 Å². The van der Waals surface area contributed by atoms with Gasteiger partial charge in [-0.3, -0.25) is 4.90 Å². The van der Waals surface area contributed by atoms with Gasteiger partial charge in [-0.1, -0.05) is 43.6 Å². The van der Waals surface area contributed by atoms with Crippen molar-refractivity contribution in [1.29, 1.82) is 0 Å². The van der Waals surface area contributed by atoms with Gasteiger partial charge in [-0.05, 0) is 83.2 Å². The van der Waals surface area contributed by atoms with Crippen molar-refractivity contribution in [2.45, 2.75) is 84.4 Å². The number of rotatable bonds is 11. The highest BCUT2D eigenvalue weighted by molar-refractivity contribution is 7.15. The van der Waals surface area contributed by atoms with Crippen LogP contribution in [-0.2, 0) is 28.5 Å². The molecule has 2 aromatic heterocycles. The Balaban J connectivity index is 0.00000480. The summed E-state index contributed by atoms with van der Waals surface area (Å²) in [6.45, 7) is 12.4. The van der Waals surface area contributed by atoms with Crippen molar-refractivity contribution in [3.8, 4) is 16.3 Å². The van der Waals surface area contributed by atoms with Crippen molar-refractivity contribution in [3.63, 3.8) is 0 Å². The molecule has 1 aliphatic heterocycles. The van der Waals surface area contributed by atoms with Crippen LogP contribution in [0.5, 0.6) is 5.75 Å². The Kier molecular flexibility index (Phi) is 11.4. The number of hydrogen-bond donors (Lipinski definition) is 0. The van der Waals surface area contributed by atoms with Gasteiger partial charge in [0, 0.05) is 28.4 Å². The van der Waals surface area contributed by atoms with E-state index in [2.05, 4.69) is 15.0 Å². The van der Waals surface area contributed by atoms with Crippen molar-refractivity contribution in [3.05, 3.63) is 63.8 Å². The van der Waals surface area contributed by atoms with Gasteiger partial charge >= 0.3 is 12.1 Å². The lowest BCUT2D eigenvalue weighted by molar-refractivity contribution is -0.159. The predicted molar refractivity (Wildman–Crippen MR) is 176 cm³/mol. The molecule has 0 radical (unpaired) electrons. The number of piperidine rings is 1. The largest absolute Gasteiger partial charge is 0.476 e. The zero-order chi connectivity index (χ0) is 32.4. The molecular formula is C34H41ClF3N3O4S. The van der Waals surface area contributed by atoms with E-state index in [1.54, 1.807) is 26.0 Å². The fourth-order valence-electron chi connectivity index (χ4n) is 5.61. The lowest BCUT2D eigenvalue weighted by Crippen LogP contribution is -2.41. The number of aryl methyl sites for hydroxylation is 3. The van der Waals surface area contributed by atoms with Crippen LogP contribution in [0, 0.1) is 6.92 Å². The highest BCUT2D eigenvalue weighted by Gasteiger charge is 2.35. The normalized spacial score (nSPS) is 14.5. The van der Waals surface area contributed by atoms with E-state index in [0.717, 1.165) is 52.9 Å². The molecule has 46 heavy (non-hydrogen) atoms. The number of hydrogen-bond acceptors (Lipinski definition) is 8. The SMILES string of the molecule is Cc1cc2c(CCc3sc(-c4ccccc4C(F)(F)F)nc3C(C)C)noc2cc1OC(C)(C)C(=O)OCCN1CCCCC1.Cl. The average Bonchev–Trinajstić information content (AvgIpc) is 3.60. The third-order valence-corrected chi connectivity index (χ3v) is 9.28. The number of halogens is 4. The van der Waals surface area contributed by atoms with E-state index in [9.17, 15) is 18.0 Å². The van der Waals surface area contributed by atoms with E-state index in [0.29, 0.717) is 35.8 Å². The molecule has 0 bridgehead atoms. The van der Waals surface area contributed by atoms with Gasteiger partial charge in [-0.25, -0.2) is 9.78 Å². The molecule has 5 rings (SSSR count). The second-order valence-corrected chi connectivity index (χ2v) is 13.5. The Morgan fingerprint density at radius 2 is 1.80 bits per heavy atom. The number of ether oxygens (including phenoxy) is 2. The molecule has 1 saturated heterocycles. The van der Waals surface area contributed by atoms with E-state index in [-0.39, 0.29) is 23.9 Å². The first-order valence-electron chi connectivity index (χ1n) is 15.5. The van der Waals surface area contributed by atoms with E-state index in [4.69, 9.17) is 14.0 Å². The lowest BCUT2D eigenvalue weighted by Gasteiger charge is -2.28. The molecule has 2 aromatic carbocycles. The maximum Gasteiger partial charge on any atom is 0.417 e. The van der Waals surface area contributed by atoms with Crippen LogP contribution in [0.15, 0.2) is 40.9 Å². The number of esters is 1. The monoisotopic (exact) mass is 679 g/mol. The summed E-state index contributed by atoms with van der Waals surface area (Å²) in [7, 11) is 0. The summed E-state index contributed by atoms with van der Waals surface area (Å²) < 4.78 is 58.5. The number of carbonyl (C=O) groups is 1. The Hall–Kier alpha value is -3.15. The van der Waals surface area contributed by atoms with Crippen LogP contribution in [-0.4, -0.2) is 52.9 Å². The maximum atomic E-state index is 13.7. The number of fused-ring (bicyclic) bond motifs is 1. The Morgan fingerprint density at radius 3 is 2.50 bits per heavy atom. The van der Waals surface area contributed by atoms with E-state index < -0.39 is 23.3 Å². The van der Waals surface area contributed by atoms with Gasteiger partial charge in [0.2, 0.25) is 0 Å². The highest BCUT2D eigenvalue weighted by Crippen LogP contribution is 2.40. The van der Waals surface area contributed by atoms with Crippen molar-refractivity contribution < 1.29 is 32.0 Å². The molecule has 0 atom stereocenters. The standard InChI is InChI=1S/C34H40F3N3O4S.ClH/c1-21(2)30-29(45-31(38-30)23-11-7-8-12-25(23)34(35,36)37)14-13-26-24-19-22(3)27(20-28(24)44-39-26)43-33(4,5)32(41)42-18-17-40-15-9-6-10-16-40;/h7-8,11-12,19-21H,6,9-10,13-18H2,1-5H3;1H. The molecule has 4 aromatic rings. The number of aromatic nitrogens is 2. The third kappa shape index (κ3) is 8.22. The molecule has 7 nitrogen and oxygen atoms in total. The molecule has 12 heteroatoms. The Morgan fingerprint density at radius 1 is 1.09 bits per heavy atom. The van der Waals surface area contributed by atoms with Gasteiger partial charge < -0.3 is 14.0 Å². The van der Waals surface area contributed by atoms with Gasteiger partial charge in [-0.2, -0.15) is 13.2 Å². The second-order valence-electron chi connectivity index (χ2n) is 12.4. The highest BCUT2D eigenvalue weighted by atomic mass is 35.5.